The summed E-state index contributed by atoms with van der Waals surface area (Å²) >= 11 is 0. The number of aliphatic hydroxyl groups is 1. The van der Waals surface area contributed by atoms with E-state index in [1.165, 1.54) is 12.1 Å². The van der Waals surface area contributed by atoms with Crippen molar-refractivity contribution >= 4 is 5.97 Å². The van der Waals surface area contributed by atoms with E-state index >= 15 is 0 Å². The van der Waals surface area contributed by atoms with Gasteiger partial charge < -0.3 is 14.9 Å². The number of ether oxygens (including phenoxy) is 1. The molecule has 1 aromatic rings. The van der Waals surface area contributed by atoms with Crippen molar-refractivity contribution in [1.29, 1.82) is 0 Å². The molecule has 94 valence electrons. The average Bonchev–Trinajstić information content (AvgIpc) is 2.26. The largest absolute Gasteiger partial charge is 0.507 e. The second kappa shape index (κ2) is 6.25. The molecule has 2 atom stereocenters. The third-order valence-electron chi connectivity index (χ3n) is 2.42. The lowest BCUT2D eigenvalue weighted by Crippen LogP contribution is -2.17. The molecular weight excluding hydrogens is 220 g/mol. The van der Waals surface area contributed by atoms with E-state index in [4.69, 9.17) is 9.84 Å². The summed E-state index contributed by atoms with van der Waals surface area (Å²) in [4.78, 5) is 11.7. The summed E-state index contributed by atoms with van der Waals surface area (Å²) in [5.41, 5.74) is 0.163. The highest BCUT2D eigenvalue weighted by atomic mass is 16.5. The molecule has 1 aromatic carbocycles. The van der Waals surface area contributed by atoms with Gasteiger partial charge in [0.15, 0.2) is 0 Å². The quantitative estimate of drug-likeness (QED) is 0.771. The van der Waals surface area contributed by atoms with Crippen LogP contribution < -0.4 is 0 Å². The number of aliphatic hydroxyl groups excluding tert-OH is 1. The molecule has 0 heterocycles. The Bertz CT molecular complexity index is 373. The average molecular weight is 238 g/mol. The molecule has 0 spiro atoms. The van der Waals surface area contributed by atoms with Crippen molar-refractivity contribution in [1.82, 2.24) is 0 Å². The number of hydrogen-bond donors (Lipinski definition) is 2. The van der Waals surface area contributed by atoms with Gasteiger partial charge in [0.1, 0.15) is 11.3 Å². The van der Waals surface area contributed by atoms with Crippen LogP contribution in [0.3, 0.4) is 0 Å². The number of carbonyl (C=O) groups excluding carboxylic acids is 1. The molecule has 0 aliphatic rings. The lowest BCUT2D eigenvalue weighted by atomic mass is 10.1. The fourth-order valence-corrected chi connectivity index (χ4v) is 1.43. The fourth-order valence-electron chi connectivity index (χ4n) is 1.43. The van der Waals surface area contributed by atoms with Crippen molar-refractivity contribution in [2.45, 2.75) is 38.9 Å². The van der Waals surface area contributed by atoms with Crippen LogP contribution >= 0.6 is 0 Å². The van der Waals surface area contributed by atoms with Crippen LogP contribution in [0.5, 0.6) is 5.75 Å². The maximum absolute atomic E-state index is 11.7. The van der Waals surface area contributed by atoms with E-state index in [9.17, 15) is 9.90 Å². The highest BCUT2D eigenvalue weighted by Gasteiger charge is 2.15. The van der Waals surface area contributed by atoms with Gasteiger partial charge in [-0.1, -0.05) is 12.1 Å². The second-order valence-corrected chi connectivity index (χ2v) is 4.16. The number of phenolic OH excluding ortho intramolecular Hbond substituents is 1. The minimum Gasteiger partial charge on any atom is -0.507 e. The van der Waals surface area contributed by atoms with Crippen LogP contribution in [0.25, 0.3) is 0 Å². The monoisotopic (exact) mass is 238 g/mol. The lowest BCUT2D eigenvalue weighted by Gasteiger charge is -2.14. The highest BCUT2D eigenvalue weighted by Crippen LogP contribution is 2.18. The normalized spacial score (nSPS) is 14.1. The van der Waals surface area contributed by atoms with E-state index in [1.54, 1.807) is 26.0 Å². The topological polar surface area (TPSA) is 66.8 Å². The van der Waals surface area contributed by atoms with Gasteiger partial charge in [0.05, 0.1) is 12.2 Å². The first-order valence-corrected chi connectivity index (χ1v) is 5.67. The van der Waals surface area contributed by atoms with E-state index in [0.29, 0.717) is 12.8 Å². The van der Waals surface area contributed by atoms with Crippen molar-refractivity contribution in [2.75, 3.05) is 0 Å². The van der Waals surface area contributed by atoms with Gasteiger partial charge in [-0.2, -0.15) is 0 Å². The molecular formula is C13H18O4. The van der Waals surface area contributed by atoms with Gasteiger partial charge in [-0.3, -0.25) is 0 Å². The van der Waals surface area contributed by atoms with Crippen molar-refractivity contribution in [3.05, 3.63) is 29.8 Å². The summed E-state index contributed by atoms with van der Waals surface area (Å²) < 4.78 is 5.16. The zero-order valence-corrected chi connectivity index (χ0v) is 10.1. The Morgan fingerprint density at radius 2 is 1.94 bits per heavy atom. The first-order valence-electron chi connectivity index (χ1n) is 5.67. The Kier molecular flexibility index (Phi) is 4.97. The number of phenols is 1. The SMILES string of the molecule is CC(O)CCC(C)OC(=O)c1ccccc1O. The molecule has 17 heavy (non-hydrogen) atoms. The highest BCUT2D eigenvalue weighted by molar-refractivity contribution is 5.92. The van der Waals surface area contributed by atoms with Crippen LogP contribution in [-0.4, -0.2) is 28.4 Å². The number of benzene rings is 1. The van der Waals surface area contributed by atoms with Crippen LogP contribution in [0, 0.1) is 0 Å². The van der Waals surface area contributed by atoms with Crippen molar-refractivity contribution in [2.24, 2.45) is 0 Å². The molecule has 4 nitrogen and oxygen atoms in total. The van der Waals surface area contributed by atoms with Crippen molar-refractivity contribution in [3.63, 3.8) is 0 Å². The van der Waals surface area contributed by atoms with Crippen LogP contribution in [0.1, 0.15) is 37.0 Å². The molecule has 0 bridgehead atoms. The molecule has 0 saturated carbocycles. The minimum atomic E-state index is -0.541. The number of esters is 1. The molecule has 0 saturated heterocycles. The van der Waals surface area contributed by atoms with E-state index in [0.717, 1.165) is 0 Å². The molecule has 0 aliphatic heterocycles. The lowest BCUT2D eigenvalue weighted by molar-refractivity contribution is 0.0287. The van der Waals surface area contributed by atoms with E-state index in [-0.39, 0.29) is 17.4 Å². The third-order valence-corrected chi connectivity index (χ3v) is 2.42. The standard InChI is InChI=1S/C13H18O4/c1-9(14)7-8-10(2)17-13(16)11-5-3-4-6-12(11)15/h3-6,9-10,14-15H,7-8H2,1-2H3. The number of hydrogen-bond acceptors (Lipinski definition) is 4. The molecule has 0 fully saturated rings. The molecule has 0 amide bonds. The molecule has 0 aromatic heterocycles. The zero-order chi connectivity index (χ0) is 12.8. The Hall–Kier alpha value is -1.55. The smallest absolute Gasteiger partial charge is 0.342 e. The number of rotatable bonds is 5. The van der Waals surface area contributed by atoms with Gasteiger partial charge in [-0.25, -0.2) is 4.79 Å². The molecule has 0 radical (unpaired) electrons. The maximum atomic E-state index is 11.7. The molecule has 4 heteroatoms. The summed E-state index contributed by atoms with van der Waals surface area (Å²) in [7, 11) is 0. The Morgan fingerprint density at radius 3 is 2.53 bits per heavy atom. The summed E-state index contributed by atoms with van der Waals surface area (Å²) in [5.74, 6) is -0.624. The molecule has 2 unspecified atom stereocenters. The minimum absolute atomic E-state index is 0.0831. The van der Waals surface area contributed by atoms with Gasteiger partial charge in [0, 0.05) is 0 Å². The number of carbonyl (C=O) groups is 1. The van der Waals surface area contributed by atoms with Crippen LogP contribution in [0.2, 0.25) is 0 Å². The summed E-state index contributed by atoms with van der Waals surface area (Å²) in [5, 5.41) is 18.6. The third kappa shape index (κ3) is 4.44. The summed E-state index contributed by atoms with van der Waals surface area (Å²) in [6.45, 7) is 3.46. The molecule has 0 aliphatic carbocycles. The maximum Gasteiger partial charge on any atom is 0.342 e. The predicted molar refractivity (Wildman–Crippen MR) is 63.9 cm³/mol. The van der Waals surface area contributed by atoms with E-state index in [2.05, 4.69) is 0 Å². The Balaban J connectivity index is 2.52. The first kappa shape index (κ1) is 13.5. The Morgan fingerprint density at radius 1 is 1.29 bits per heavy atom. The first-order chi connectivity index (χ1) is 8.00. The van der Waals surface area contributed by atoms with Gasteiger partial charge in [0.25, 0.3) is 0 Å². The van der Waals surface area contributed by atoms with Crippen LogP contribution in [0.15, 0.2) is 24.3 Å². The number of aromatic hydroxyl groups is 1. The Labute approximate surface area is 101 Å². The van der Waals surface area contributed by atoms with Gasteiger partial charge in [0.2, 0.25) is 0 Å². The van der Waals surface area contributed by atoms with Crippen molar-refractivity contribution in [3.8, 4) is 5.75 Å². The van der Waals surface area contributed by atoms with E-state index in [1.807, 2.05) is 0 Å². The van der Waals surface area contributed by atoms with Gasteiger partial charge in [-0.15, -0.1) is 0 Å². The molecule has 1 rings (SSSR count). The van der Waals surface area contributed by atoms with Gasteiger partial charge in [-0.05, 0) is 38.8 Å². The molecule has 2 N–H and O–H groups in total. The second-order valence-electron chi connectivity index (χ2n) is 4.16. The summed E-state index contributed by atoms with van der Waals surface area (Å²) in [6, 6.07) is 6.26. The van der Waals surface area contributed by atoms with Crippen LogP contribution in [-0.2, 0) is 4.74 Å². The predicted octanol–water partition coefficient (Wildman–Crippen LogP) is 2.10. The van der Waals surface area contributed by atoms with Gasteiger partial charge >= 0.3 is 5.97 Å². The summed E-state index contributed by atoms with van der Waals surface area (Å²) in [6.07, 6.45) is 0.490. The van der Waals surface area contributed by atoms with E-state index < -0.39 is 12.1 Å². The fraction of sp³-hybridized carbons (Fsp3) is 0.462. The van der Waals surface area contributed by atoms with Crippen molar-refractivity contribution < 1.29 is 19.7 Å². The van der Waals surface area contributed by atoms with Crippen LogP contribution in [0.4, 0.5) is 0 Å². The zero-order valence-electron chi connectivity index (χ0n) is 10.1. The number of para-hydroxylation sites is 1.